The van der Waals surface area contributed by atoms with Gasteiger partial charge in [0, 0.05) is 44.5 Å². The highest BCUT2D eigenvalue weighted by Crippen LogP contribution is 2.24. The molecule has 1 aliphatic rings. The molecule has 0 radical (unpaired) electrons. The van der Waals surface area contributed by atoms with Gasteiger partial charge in [0.25, 0.3) is 5.56 Å². The Hall–Kier alpha value is -3.46. The highest BCUT2D eigenvalue weighted by atomic mass is 16.3. The van der Waals surface area contributed by atoms with E-state index in [4.69, 9.17) is 4.42 Å². The van der Waals surface area contributed by atoms with Gasteiger partial charge in [0.15, 0.2) is 0 Å². The van der Waals surface area contributed by atoms with Crippen LogP contribution < -0.4 is 10.9 Å². The predicted octanol–water partition coefficient (Wildman–Crippen LogP) is 1.05. The van der Waals surface area contributed by atoms with Crippen molar-refractivity contribution >= 4 is 28.0 Å². The number of aromatic nitrogens is 4. The van der Waals surface area contributed by atoms with Gasteiger partial charge in [-0.25, -0.2) is 9.97 Å². The minimum absolute atomic E-state index is 0.0975. The van der Waals surface area contributed by atoms with Crippen LogP contribution in [0.3, 0.4) is 0 Å². The summed E-state index contributed by atoms with van der Waals surface area (Å²) in [4.78, 5) is 36.5. The fraction of sp³-hybridized carbons (Fsp3) is 0.300. The summed E-state index contributed by atoms with van der Waals surface area (Å²) in [5, 5.41) is 4.09. The van der Waals surface area contributed by atoms with Crippen molar-refractivity contribution in [3.8, 4) is 0 Å². The lowest BCUT2D eigenvalue weighted by Crippen LogP contribution is -2.50. The number of nitrogens with zero attached hydrogens (tertiary/aromatic N) is 5. The number of carbonyl (C=O) groups is 1. The zero-order chi connectivity index (χ0) is 20.0. The molecule has 4 aromatic rings. The second kappa shape index (κ2) is 6.85. The van der Waals surface area contributed by atoms with E-state index in [9.17, 15) is 9.59 Å². The van der Waals surface area contributed by atoms with Gasteiger partial charge in [-0.05, 0) is 12.1 Å². The third kappa shape index (κ3) is 2.90. The number of amides is 1. The lowest BCUT2D eigenvalue weighted by atomic mass is 10.1. The molecule has 1 amide bonds. The largest absolute Gasteiger partial charge is 0.448 e. The average molecular weight is 392 g/mol. The van der Waals surface area contributed by atoms with E-state index in [1.165, 1.54) is 10.9 Å². The van der Waals surface area contributed by atoms with Crippen molar-refractivity contribution in [2.75, 3.05) is 19.6 Å². The molecular formula is C20H20N6O3. The second-order valence-corrected chi connectivity index (χ2v) is 7.16. The van der Waals surface area contributed by atoms with E-state index < -0.39 is 0 Å². The van der Waals surface area contributed by atoms with Crippen LogP contribution in [0.15, 0.2) is 52.2 Å². The molecule has 1 atom stereocenters. The van der Waals surface area contributed by atoms with E-state index in [0.29, 0.717) is 30.7 Å². The Kier molecular flexibility index (Phi) is 4.17. The van der Waals surface area contributed by atoms with E-state index >= 15 is 0 Å². The number of furan rings is 1. The third-order valence-corrected chi connectivity index (χ3v) is 5.38. The van der Waals surface area contributed by atoms with E-state index in [2.05, 4.69) is 15.3 Å². The summed E-state index contributed by atoms with van der Waals surface area (Å²) in [6.07, 6.45) is 5.00. The molecule has 1 N–H and O–H groups in total. The van der Waals surface area contributed by atoms with Gasteiger partial charge in [-0.2, -0.15) is 0 Å². The highest BCUT2D eigenvalue weighted by molar-refractivity contribution is 6.01. The lowest BCUT2D eigenvalue weighted by Gasteiger charge is -2.35. The van der Waals surface area contributed by atoms with Crippen LogP contribution >= 0.6 is 0 Å². The predicted molar refractivity (Wildman–Crippen MR) is 106 cm³/mol. The Morgan fingerprint density at radius 2 is 2.17 bits per heavy atom. The Morgan fingerprint density at radius 1 is 1.31 bits per heavy atom. The van der Waals surface area contributed by atoms with Crippen LogP contribution in [0.5, 0.6) is 0 Å². The van der Waals surface area contributed by atoms with Crippen molar-refractivity contribution in [3.63, 3.8) is 0 Å². The molecule has 1 unspecified atom stereocenters. The summed E-state index contributed by atoms with van der Waals surface area (Å²) in [6.45, 7) is 1.76. The van der Waals surface area contributed by atoms with Crippen molar-refractivity contribution in [3.05, 3.63) is 59.2 Å². The summed E-state index contributed by atoms with van der Waals surface area (Å²) in [5.41, 5.74) is 0.932. The SMILES string of the molecule is Cn1ccnc1C1CNCCN1C(=O)Cn1cnc2c(oc3ccccc32)c1=O. The zero-order valence-electron chi connectivity index (χ0n) is 15.9. The maximum atomic E-state index is 13.1. The number of hydrogen-bond acceptors (Lipinski definition) is 6. The normalized spacial score (nSPS) is 17.3. The van der Waals surface area contributed by atoms with Gasteiger partial charge in [-0.1, -0.05) is 12.1 Å². The van der Waals surface area contributed by atoms with Crippen LogP contribution in [-0.2, 0) is 18.4 Å². The van der Waals surface area contributed by atoms with Crippen LogP contribution in [0.25, 0.3) is 22.1 Å². The molecule has 29 heavy (non-hydrogen) atoms. The number of nitrogens with one attached hydrogen (secondary N) is 1. The quantitative estimate of drug-likeness (QED) is 0.560. The number of hydrogen-bond donors (Lipinski definition) is 1. The number of benzene rings is 1. The molecule has 9 heteroatoms. The molecule has 0 bridgehead atoms. The van der Waals surface area contributed by atoms with Crippen molar-refractivity contribution in [1.29, 1.82) is 0 Å². The van der Waals surface area contributed by atoms with E-state index in [1.807, 2.05) is 36.0 Å². The van der Waals surface area contributed by atoms with Crippen molar-refractivity contribution in [2.24, 2.45) is 7.05 Å². The molecule has 1 saturated heterocycles. The zero-order valence-corrected chi connectivity index (χ0v) is 15.9. The minimum atomic E-state index is -0.358. The van der Waals surface area contributed by atoms with Crippen molar-refractivity contribution in [1.82, 2.24) is 29.3 Å². The monoisotopic (exact) mass is 392 g/mol. The third-order valence-electron chi connectivity index (χ3n) is 5.38. The first-order valence-corrected chi connectivity index (χ1v) is 9.47. The molecule has 3 aromatic heterocycles. The number of fused-ring (bicyclic) bond motifs is 3. The Balaban J connectivity index is 1.47. The summed E-state index contributed by atoms with van der Waals surface area (Å²) >= 11 is 0. The smallest absolute Gasteiger partial charge is 0.297 e. The fourth-order valence-corrected chi connectivity index (χ4v) is 3.90. The highest BCUT2D eigenvalue weighted by Gasteiger charge is 2.30. The molecule has 4 heterocycles. The van der Waals surface area contributed by atoms with Gasteiger partial charge in [0.1, 0.15) is 29.5 Å². The standard InChI is InChI=1S/C20H20N6O3/c1-24-8-7-22-19(24)14-10-21-6-9-26(14)16(27)11-25-12-23-17-13-4-2-3-5-15(13)29-18(17)20(25)28/h2-5,7-8,12,14,21H,6,9-11H2,1H3. The molecule has 0 saturated carbocycles. The molecular weight excluding hydrogens is 372 g/mol. The van der Waals surface area contributed by atoms with E-state index in [0.717, 1.165) is 11.2 Å². The van der Waals surface area contributed by atoms with Gasteiger partial charge in [-0.3, -0.25) is 14.2 Å². The second-order valence-electron chi connectivity index (χ2n) is 7.16. The average Bonchev–Trinajstić information content (AvgIpc) is 3.34. The van der Waals surface area contributed by atoms with Gasteiger partial charge in [0.05, 0.1) is 6.33 Å². The molecule has 1 aliphatic heterocycles. The summed E-state index contributed by atoms with van der Waals surface area (Å²) in [6, 6.07) is 7.19. The molecule has 9 nitrogen and oxygen atoms in total. The van der Waals surface area contributed by atoms with E-state index in [1.54, 1.807) is 17.2 Å². The van der Waals surface area contributed by atoms with E-state index in [-0.39, 0.29) is 29.6 Å². The topological polar surface area (TPSA) is 98.2 Å². The fourth-order valence-electron chi connectivity index (χ4n) is 3.90. The number of rotatable bonds is 3. The number of imidazole rings is 1. The summed E-state index contributed by atoms with van der Waals surface area (Å²) < 4.78 is 8.92. The first kappa shape index (κ1) is 17.6. The van der Waals surface area contributed by atoms with Gasteiger partial charge in [0.2, 0.25) is 11.5 Å². The molecule has 0 aliphatic carbocycles. The maximum Gasteiger partial charge on any atom is 0.297 e. The minimum Gasteiger partial charge on any atom is -0.448 e. The van der Waals surface area contributed by atoms with Gasteiger partial charge >= 0.3 is 0 Å². The Morgan fingerprint density at radius 3 is 3.00 bits per heavy atom. The summed E-state index contributed by atoms with van der Waals surface area (Å²) in [7, 11) is 1.91. The Bertz CT molecular complexity index is 1270. The molecule has 148 valence electrons. The van der Waals surface area contributed by atoms with Crippen molar-refractivity contribution < 1.29 is 9.21 Å². The molecule has 1 fully saturated rings. The molecule has 1 aromatic carbocycles. The lowest BCUT2D eigenvalue weighted by molar-refractivity contribution is -0.135. The van der Waals surface area contributed by atoms with Crippen LogP contribution in [0, 0.1) is 0 Å². The van der Waals surface area contributed by atoms with Crippen LogP contribution in [0.4, 0.5) is 0 Å². The number of piperazine rings is 1. The number of carbonyl (C=O) groups excluding carboxylic acids is 1. The summed E-state index contributed by atoms with van der Waals surface area (Å²) in [5.74, 6) is 0.655. The van der Waals surface area contributed by atoms with Gasteiger partial charge in [-0.15, -0.1) is 0 Å². The number of aryl methyl sites for hydroxylation is 1. The Labute approximate surface area is 165 Å². The maximum absolute atomic E-state index is 13.1. The molecule has 0 spiro atoms. The van der Waals surface area contributed by atoms with Crippen molar-refractivity contribution in [2.45, 2.75) is 12.6 Å². The molecule has 5 rings (SSSR count). The van der Waals surface area contributed by atoms with Crippen LogP contribution in [-0.4, -0.2) is 49.5 Å². The van der Waals surface area contributed by atoms with Crippen LogP contribution in [0.1, 0.15) is 11.9 Å². The van der Waals surface area contributed by atoms with Gasteiger partial charge < -0.3 is 19.2 Å². The first-order chi connectivity index (χ1) is 14.1. The number of para-hydroxylation sites is 1. The van der Waals surface area contributed by atoms with Crippen LogP contribution in [0.2, 0.25) is 0 Å². The first-order valence-electron chi connectivity index (χ1n) is 9.47.